The average Bonchev–Trinajstić information content (AvgIpc) is 3.17. The molecule has 0 aliphatic heterocycles. The molecule has 6 nitrogen and oxygen atoms in total. The van der Waals surface area contributed by atoms with Crippen LogP contribution in [0.1, 0.15) is 258 Å². The molecule has 0 unspecified atom stereocenters. The molecule has 0 aliphatic rings. The van der Waals surface area contributed by atoms with Gasteiger partial charge in [0, 0.05) is 19.3 Å². The average molecular weight is 763 g/mol. The third kappa shape index (κ3) is 41.3. The van der Waals surface area contributed by atoms with Crippen LogP contribution in [0.25, 0.3) is 0 Å². The SMILES string of the molecule is CCCC/C=C\CCCCCCCC(=O)O[C@@H](COC(=O)CCCCCCCCCCCCCC)COC(=O)CCCCCCCCCCCCCCC. The largest absolute Gasteiger partial charge is 0.462 e. The van der Waals surface area contributed by atoms with Gasteiger partial charge in [0.2, 0.25) is 0 Å². The smallest absolute Gasteiger partial charge is 0.306 e. The van der Waals surface area contributed by atoms with Crippen LogP contribution in [0.5, 0.6) is 0 Å². The third-order valence-corrected chi connectivity index (χ3v) is 10.5. The van der Waals surface area contributed by atoms with Crippen LogP contribution in [-0.4, -0.2) is 37.2 Å². The van der Waals surface area contributed by atoms with Crippen LogP contribution in [0, 0.1) is 0 Å². The van der Waals surface area contributed by atoms with Crippen LogP contribution >= 0.6 is 0 Å². The zero-order valence-electron chi connectivity index (χ0n) is 36.3. The minimum Gasteiger partial charge on any atom is -0.462 e. The predicted octanol–water partition coefficient (Wildman–Crippen LogP) is 15.0. The first-order valence-electron chi connectivity index (χ1n) is 23.7. The second kappa shape index (κ2) is 43.9. The summed E-state index contributed by atoms with van der Waals surface area (Å²) in [4.78, 5) is 37.7. The number of ether oxygens (including phenoxy) is 3. The number of rotatable bonds is 43. The summed E-state index contributed by atoms with van der Waals surface area (Å²) in [5, 5.41) is 0. The first-order valence-corrected chi connectivity index (χ1v) is 23.7. The maximum Gasteiger partial charge on any atom is 0.306 e. The molecule has 54 heavy (non-hydrogen) atoms. The second-order valence-electron chi connectivity index (χ2n) is 16.0. The molecule has 0 radical (unpaired) electrons. The van der Waals surface area contributed by atoms with E-state index >= 15 is 0 Å². The van der Waals surface area contributed by atoms with Gasteiger partial charge in [0.1, 0.15) is 13.2 Å². The van der Waals surface area contributed by atoms with Crippen LogP contribution in [0.4, 0.5) is 0 Å². The Kier molecular flexibility index (Phi) is 42.4. The molecule has 0 aliphatic carbocycles. The molecule has 0 saturated heterocycles. The Balaban J connectivity index is 4.33. The third-order valence-electron chi connectivity index (χ3n) is 10.5. The fourth-order valence-corrected chi connectivity index (χ4v) is 6.89. The minimum atomic E-state index is -0.765. The molecule has 0 bridgehead atoms. The number of hydrogen-bond acceptors (Lipinski definition) is 6. The van der Waals surface area contributed by atoms with E-state index in [9.17, 15) is 14.4 Å². The molecule has 0 saturated carbocycles. The van der Waals surface area contributed by atoms with E-state index in [0.717, 1.165) is 64.2 Å². The molecule has 6 heteroatoms. The van der Waals surface area contributed by atoms with E-state index in [1.165, 1.54) is 154 Å². The van der Waals surface area contributed by atoms with E-state index in [4.69, 9.17) is 14.2 Å². The fraction of sp³-hybridized carbons (Fsp3) is 0.896. The van der Waals surface area contributed by atoms with Gasteiger partial charge in [-0.3, -0.25) is 14.4 Å². The summed E-state index contributed by atoms with van der Waals surface area (Å²) in [7, 11) is 0. The summed E-state index contributed by atoms with van der Waals surface area (Å²) in [5.41, 5.74) is 0. The van der Waals surface area contributed by atoms with Crippen molar-refractivity contribution in [2.45, 2.75) is 264 Å². The summed E-state index contributed by atoms with van der Waals surface area (Å²) < 4.78 is 16.7. The van der Waals surface area contributed by atoms with Crippen LogP contribution in [-0.2, 0) is 28.6 Å². The topological polar surface area (TPSA) is 78.9 Å². The Labute approximate surface area is 335 Å². The Bertz CT molecular complexity index is 839. The summed E-state index contributed by atoms with van der Waals surface area (Å²) in [6.07, 6.45) is 46.1. The van der Waals surface area contributed by atoms with E-state index in [0.29, 0.717) is 19.3 Å². The van der Waals surface area contributed by atoms with Gasteiger partial charge in [-0.1, -0.05) is 213 Å². The van der Waals surface area contributed by atoms with Gasteiger partial charge >= 0.3 is 17.9 Å². The molecule has 318 valence electrons. The van der Waals surface area contributed by atoms with Crippen LogP contribution in [0.2, 0.25) is 0 Å². The van der Waals surface area contributed by atoms with Gasteiger partial charge in [0.25, 0.3) is 0 Å². The van der Waals surface area contributed by atoms with E-state index in [-0.39, 0.29) is 31.1 Å². The molecule has 0 heterocycles. The maximum absolute atomic E-state index is 12.7. The van der Waals surface area contributed by atoms with Gasteiger partial charge in [0.15, 0.2) is 6.10 Å². The fourth-order valence-electron chi connectivity index (χ4n) is 6.89. The van der Waals surface area contributed by atoms with Crippen LogP contribution in [0.15, 0.2) is 12.2 Å². The number of hydrogen-bond donors (Lipinski definition) is 0. The lowest BCUT2D eigenvalue weighted by molar-refractivity contribution is -0.167. The molecule has 0 N–H and O–H groups in total. The first-order chi connectivity index (χ1) is 26.5. The lowest BCUT2D eigenvalue weighted by Crippen LogP contribution is -2.30. The molecule has 0 fully saturated rings. The number of allylic oxidation sites excluding steroid dienone is 2. The highest BCUT2D eigenvalue weighted by atomic mass is 16.6. The normalized spacial score (nSPS) is 12.0. The minimum absolute atomic E-state index is 0.0688. The van der Waals surface area contributed by atoms with Gasteiger partial charge in [0.05, 0.1) is 0 Å². The van der Waals surface area contributed by atoms with Gasteiger partial charge in [-0.15, -0.1) is 0 Å². The quantitative estimate of drug-likeness (QED) is 0.0266. The monoisotopic (exact) mass is 763 g/mol. The molecular formula is C48H90O6. The zero-order valence-corrected chi connectivity index (χ0v) is 36.3. The number of esters is 3. The van der Waals surface area contributed by atoms with Gasteiger partial charge in [-0.05, 0) is 38.5 Å². The molecule has 0 rings (SSSR count). The van der Waals surface area contributed by atoms with E-state index in [1.54, 1.807) is 0 Å². The first kappa shape index (κ1) is 52.2. The maximum atomic E-state index is 12.7. The molecule has 0 aromatic heterocycles. The van der Waals surface area contributed by atoms with Crippen LogP contribution < -0.4 is 0 Å². The predicted molar refractivity (Wildman–Crippen MR) is 229 cm³/mol. The van der Waals surface area contributed by atoms with Crippen molar-refractivity contribution in [3.63, 3.8) is 0 Å². The highest BCUT2D eigenvalue weighted by molar-refractivity contribution is 5.71. The van der Waals surface area contributed by atoms with Crippen molar-refractivity contribution in [3.05, 3.63) is 12.2 Å². The number of carbonyl (C=O) groups excluding carboxylic acids is 3. The van der Waals surface area contributed by atoms with Crippen LogP contribution in [0.3, 0.4) is 0 Å². The summed E-state index contributed by atoms with van der Waals surface area (Å²) in [5.74, 6) is -0.868. The molecule has 0 aromatic rings. The standard InChI is InChI=1S/C48H90O6/c1-4-7-10-13-16-19-22-24-27-29-32-35-38-41-47(50)53-44-45(54-48(51)42-39-36-33-30-25-21-18-15-12-9-6-3)43-52-46(49)40-37-34-31-28-26-23-20-17-14-11-8-5-2/h15,18,45H,4-14,16-17,19-44H2,1-3H3/b18-15-/t45-/m0/s1. The lowest BCUT2D eigenvalue weighted by Gasteiger charge is -2.18. The van der Waals surface area contributed by atoms with Crippen molar-refractivity contribution < 1.29 is 28.6 Å². The molecule has 1 atom stereocenters. The number of carbonyl (C=O) groups is 3. The van der Waals surface area contributed by atoms with Crippen molar-refractivity contribution in [2.75, 3.05) is 13.2 Å². The van der Waals surface area contributed by atoms with Crippen molar-refractivity contribution >= 4 is 17.9 Å². The Morgan fingerprint density at radius 3 is 0.981 bits per heavy atom. The van der Waals surface area contributed by atoms with Gasteiger partial charge in [-0.25, -0.2) is 0 Å². The Morgan fingerprint density at radius 2 is 0.630 bits per heavy atom. The van der Waals surface area contributed by atoms with E-state index < -0.39 is 6.10 Å². The van der Waals surface area contributed by atoms with E-state index in [2.05, 4.69) is 32.9 Å². The molecule has 0 spiro atoms. The van der Waals surface area contributed by atoms with Crippen molar-refractivity contribution in [1.82, 2.24) is 0 Å². The van der Waals surface area contributed by atoms with Gasteiger partial charge < -0.3 is 14.2 Å². The summed E-state index contributed by atoms with van der Waals surface area (Å²) in [6, 6.07) is 0. The molecule has 0 amide bonds. The van der Waals surface area contributed by atoms with Crippen molar-refractivity contribution in [1.29, 1.82) is 0 Å². The Hall–Kier alpha value is -1.85. The molecular weight excluding hydrogens is 673 g/mol. The van der Waals surface area contributed by atoms with Crippen molar-refractivity contribution in [3.8, 4) is 0 Å². The second-order valence-corrected chi connectivity index (χ2v) is 16.0. The number of unbranched alkanes of at least 4 members (excludes halogenated alkanes) is 30. The highest BCUT2D eigenvalue weighted by Gasteiger charge is 2.19. The highest BCUT2D eigenvalue weighted by Crippen LogP contribution is 2.15. The van der Waals surface area contributed by atoms with Gasteiger partial charge in [-0.2, -0.15) is 0 Å². The lowest BCUT2D eigenvalue weighted by atomic mass is 10.0. The van der Waals surface area contributed by atoms with E-state index in [1.807, 2.05) is 0 Å². The zero-order chi connectivity index (χ0) is 39.4. The Morgan fingerprint density at radius 1 is 0.352 bits per heavy atom. The molecule has 0 aromatic carbocycles. The summed E-state index contributed by atoms with van der Waals surface area (Å²) in [6.45, 7) is 6.60. The summed E-state index contributed by atoms with van der Waals surface area (Å²) >= 11 is 0. The van der Waals surface area contributed by atoms with Crippen molar-refractivity contribution in [2.24, 2.45) is 0 Å².